The summed E-state index contributed by atoms with van der Waals surface area (Å²) < 4.78 is 2.10. The van der Waals surface area contributed by atoms with Crippen LogP contribution < -0.4 is 11.5 Å². The predicted octanol–water partition coefficient (Wildman–Crippen LogP) is 9.32. The Morgan fingerprint density at radius 1 is 0.711 bits per heavy atom. The molecule has 4 aromatic carbocycles. The van der Waals surface area contributed by atoms with Crippen LogP contribution in [0.15, 0.2) is 111 Å². The number of hydrogen-bond acceptors (Lipinski definition) is 3. The van der Waals surface area contributed by atoms with Crippen LogP contribution in [0.2, 0.25) is 0 Å². The summed E-state index contributed by atoms with van der Waals surface area (Å²) in [5, 5.41) is 8.72. The summed E-state index contributed by atoms with van der Waals surface area (Å²) in [4.78, 5) is 4.49. The van der Waals surface area contributed by atoms with Gasteiger partial charge in [-0.15, -0.1) is 0 Å². The van der Waals surface area contributed by atoms with Gasteiger partial charge in [0.05, 0.1) is 17.3 Å². The quantitative estimate of drug-likeness (QED) is 0.133. The molecule has 0 aliphatic carbocycles. The molecule has 0 amide bonds. The van der Waals surface area contributed by atoms with Gasteiger partial charge in [0.2, 0.25) is 0 Å². The minimum atomic E-state index is 0.426. The summed E-state index contributed by atoms with van der Waals surface area (Å²) >= 11 is 6.70. The van der Waals surface area contributed by atoms with E-state index in [1.54, 1.807) is 0 Å². The van der Waals surface area contributed by atoms with E-state index in [-0.39, 0.29) is 0 Å². The van der Waals surface area contributed by atoms with Crippen molar-refractivity contribution in [2.45, 2.75) is 39.5 Å². The van der Waals surface area contributed by atoms with Crippen molar-refractivity contribution in [1.29, 1.82) is 5.26 Å². The number of hydrogen-bond donors (Lipinski definition) is 2. The molecule has 0 aliphatic heterocycles. The molecule has 0 unspecified atom stereocenters. The molecule has 0 bridgehead atoms. The highest BCUT2D eigenvalue weighted by Crippen LogP contribution is 2.22. The molecule has 6 heteroatoms. The fraction of sp³-hybridized carbons (Fsp3) is 0.188. The maximum Gasteiger partial charge on any atom is 0.131 e. The maximum atomic E-state index is 8.72. The Balaban J connectivity index is 0.000000224. The number of nitrogens with zero attached hydrogens (tertiary/aromatic N) is 2. The van der Waals surface area contributed by atoms with Crippen LogP contribution in [0, 0.1) is 11.3 Å². The van der Waals surface area contributed by atoms with Crippen molar-refractivity contribution < 1.29 is 0 Å². The lowest BCUT2D eigenvalue weighted by atomic mass is 9.97. The summed E-state index contributed by atoms with van der Waals surface area (Å²) in [6.45, 7) is 8.50. The van der Waals surface area contributed by atoms with Crippen LogP contribution in [0.4, 0.5) is 11.4 Å². The van der Waals surface area contributed by atoms with Crippen LogP contribution in [-0.4, -0.2) is 5.84 Å². The molecule has 4 aromatic rings. The fourth-order valence-corrected chi connectivity index (χ4v) is 4.04. The Kier molecular flexibility index (Phi) is 12.8. The van der Waals surface area contributed by atoms with E-state index in [1.807, 2.05) is 91.0 Å². The molecule has 4 nitrogen and oxygen atoms in total. The summed E-state index contributed by atoms with van der Waals surface area (Å²) in [5.41, 5.74) is 17.4. The minimum absolute atomic E-state index is 0.426. The van der Waals surface area contributed by atoms with Gasteiger partial charge in [0.25, 0.3) is 0 Å². The highest BCUT2D eigenvalue weighted by molar-refractivity contribution is 9.10. The molecular formula is C32H34Br2N4. The van der Waals surface area contributed by atoms with Crippen LogP contribution in [0.25, 0.3) is 0 Å². The minimum Gasteiger partial charge on any atom is -0.399 e. The molecule has 196 valence electrons. The van der Waals surface area contributed by atoms with Gasteiger partial charge in [-0.3, -0.25) is 0 Å². The largest absolute Gasteiger partial charge is 0.399 e. The van der Waals surface area contributed by atoms with Crippen LogP contribution >= 0.6 is 31.9 Å². The topological polar surface area (TPSA) is 88.2 Å². The smallest absolute Gasteiger partial charge is 0.131 e. The van der Waals surface area contributed by atoms with Crippen molar-refractivity contribution in [1.82, 2.24) is 0 Å². The van der Waals surface area contributed by atoms with Crippen molar-refractivity contribution in [3.63, 3.8) is 0 Å². The van der Waals surface area contributed by atoms with E-state index in [2.05, 4.69) is 76.7 Å². The zero-order valence-corrected chi connectivity index (χ0v) is 25.4. The third kappa shape index (κ3) is 10.2. The van der Waals surface area contributed by atoms with Gasteiger partial charge in [-0.1, -0.05) is 102 Å². The molecule has 4 rings (SSSR count). The highest BCUT2D eigenvalue weighted by Gasteiger charge is 2.09. The van der Waals surface area contributed by atoms with E-state index >= 15 is 0 Å². The lowest BCUT2D eigenvalue weighted by Crippen LogP contribution is -2.15. The van der Waals surface area contributed by atoms with E-state index in [0.29, 0.717) is 17.7 Å². The summed E-state index contributed by atoms with van der Waals surface area (Å²) in [5.74, 6) is 1.42. The number of nitrogens with two attached hydrogens (primary N) is 2. The number of amidine groups is 1. The van der Waals surface area contributed by atoms with Crippen molar-refractivity contribution in [2.75, 3.05) is 5.73 Å². The van der Waals surface area contributed by atoms with Gasteiger partial charge in [0, 0.05) is 20.2 Å². The van der Waals surface area contributed by atoms with Gasteiger partial charge in [-0.25, -0.2) is 4.99 Å². The third-order valence-corrected chi connectivity index (χ3v) is 6.57. The summed E-state index contributed by atoms with van der Waals surface area (Å²) in [6.07, 6.45) is 0. The van der Waals surface area contributed by atoms with Crippen LogP contribution in [0.3, 0.4) is 0 Å². The first kappa shape index (κ1) is 30.8. The molecule has 0 aliphatic rings. The lowest BCUT2D eigenvalue weighted by Gasteiger charge is -2.12. The van der Waals surface area contributed by atoms with Crippen molar-refractivity contribution in [3.8, 4) is 6.07 Å². The van der Waals surface area contributed by atoms with Crippen LogP contribution in [0.5, 0.6) is 0 Å². The SMILES string of the molecule is CC(C)c1ccccc1C#N.CC(C)c1ccccc1C(N)=Nc1ccc(Br)cc1.Nc1ccc(Br)cc1. The molecule has 0 radical (unpaired) electrons. The van der Waals surface area contributed by atoms with Crippen LogP contribution in [0.1, 0.15) is 61.8 Å². The van der Waals surface area contributed by atoms with Gasteiger partial charge < -0.3 is 11.5 Å². The van der Waals surface area contributed by atoms with Crippen molar-refractivity contribution in [2.24, 2.45) is 10.7 Å². The molecule has 0 fully saturated rings. The molecule has 0 aromatic heterocycles. The van der Waals surface area contributed by atoms with E-state index in [0.717, 1.165) is 37.0 Å². The number of aliphatic imine (C=N–C) groups is 1. The average molecular weight is 634 g/mol. The van der Waals surface area contributed by atoms with E-state index in [1.165, 1.54) is 5.56 Å². The first-order valence-electron chi connectivity index (χ1n) is 12.3. The van der Waals surface area contributed by atoms with E-state index in [9.17, 15) is 0 Å². The molecule has 0 saturated carbocycles. The van der Waals surface area contributed by atoms with Gasteiger partial charge in [-0.2, -0.15) is 5.26 Å². The first-order valence-corrected chi connectivity index (χ1v) is 13.9. The Labute approximate surface area is 243 Å². The van der Waals surface area contributed by atoms with E-state index < -0.39 is 0 Å². The summed E-state index contributed by atoms with van der Waals surface area (Å²) in [7, 11) is 0. The molecule has 0 saturated heterocycles. The predicted molar refractivity (Wildman–Crippen MR) is 169 cm³/mol. The number of rotatable bonds is 4. The Morgan fingerprint density at radius 2 is 1.18 bits per heavy atom. The van der Waals surface area contributed by atoms with Crippen LogP contribution in [-0.2, 0) is 0 Å². The lowest BCUT2D eigenvalue weighted by molar-refractivity contribution is 0.862. The highest BCUT2D eigenvalue weighted by atomic mass is 79.9. The Morgan fingerprint density at radius 3 is 1.66 bits per heavy atom. The van der Waals surface area contributed by atoms with E-state index in [4.69, 9.17) is 16.7 Å². The second kappa shape index (κ2) is 15.8. The molecule has 38 heavy (non-hydrogen) atoms. The fourth-order valence-electron chi connectivity index (χ4n) is 3.51. The number of nitriles is 1. The molecular weight excluding hydrogens is 600 g/mol. The molecule has 4 N–H and O–H groups in total. The van der Waals surface area contributed by atoms with Gasteiger partial charge >= 0.3 is 0 Å². The number of benzene rings is 4. The third-order valence-electron chi connectivity index (χ3n) is 5.51. The normalized spacial score (nSPS) is 10.7. The zero-order valence-electron chi connectivity index (χ0n) is 22.2. The second-order valence-electron chi connectivity index (χ2n) is 9.12. The standard InChI is InChI=1S/C16H17BrN2.C10H11N.C6H6BrN/c1-11(2)14-5-3-4-6-15(14)16(18)19-13-9-7-12(17)8-10-13;1-8(2)10-6-4-3-5-9(10)7-11;7-5-1-3-6(8)4-2-5/h3-11H,1-2H3,(H2,18,19);3-6,8H,1-2H3;1-4H,8H2. The monoisotopic (exact) mass is 632 g/mol. The van der Waals surface area contributed by atoms with Gasteiger partial charge in [0.15, 0.2) is 0 Å². The molecule has 0 heterocycles. The zero-order chi connectivity index (χ0) is 28.1. The van der Waals surface area contributed by atoms with Crippen molar-refractivity contribution in [3.05, 3.63) is 128 Å². The Bertz CT molecular complexity index is 1330. The number of anilines is 1. The summed E-state index contributed by atoms with van der Waals surface area (Å²) in [6, 6.07) is 33.4. The number of halogens is 2. The first-order chi connectivity index (χ1) is 18.1. The van der Waals surface area contributed by atoms with Crippen molar-refractivity contribution >= 4 is 49.1 Å². The number of nitrogen functional groups attached to an aromatic ring is 1. The Hall–Kier alpha value is -3.40. The average Bonchev–Trinajstić information content (AvgIpc) is 2.92. The second-order valence-corrected chi connectivity index (χ2v) is 11.0. The van der Waals surface area contributed by atoms with Gasteiger partial charge in [-0.05, 0) is 77.6 Å². The maximum absolute atomic E-state index is 8.72. The van der Waals surface area contributed by atoms with Gasteiger partial charge in [0.1, 0.15) is 5.84 Å². The molecule has 0 spiro atoms. The molecule has 0 atom stereocenters.